The molecule has 1 atom stereocenters. The van der Waals surface area contributed by atoms with Gasteiger partial charge in [0.2, 0.25) is 0 Å². The maximum Gasteiger partial charge on any atom is 0.417 e. The van der Waals surface area contributed by atoms with Crippen molar-refractivity contribution in [2.45, 2.75) is 25.6 Å². The molecule has 0 heterocycles. The molecule has 0 aromatic heterocycles. The van der Waals surface area contributed by atoms with Crippen LogP contribution in [0.15, 0.2) is 18.2 Å². The minimum atomic E-state index is -4.43. The Labute approximate surface area is 90.5 Å². The van der Waals surface area contributed by atoms with Crippen LogP contribution in [0.1, 0.15) is 18.1 Å². The first kappa shape index (κ1) is 12.3. The molecule has 0 spiro atoms. The molecular formula is C10H10ClF3O. The number of aliphatic hydroxyl groups excluding tert-OH is 1. The zero-order valence-corrected chi connectivity index (χ0v) is 8.73. The van der Waals surface area contributed by atoms with Crippen LogP contribution < -0.4 is 0 Å². The topological polar surface area (TPSA) is 20.2 Å². The van der Waals surface area contributed by atoms with Crippen molar-refractivity contribution in [2.24, 2.45) is 0 Å². The highest BCUT2D eigenvalue weighted by atomic mass is 35.5. The summed E-state index contributed by atoms with van der Waals surface area (Å²) in [6.07, 6.45) is -4.74. The molecule has 5 heteroatoms. The molecule has 1 nitrogen and oxygen atoms in total. The van der Waals surface area contributed by atoms with E-state index in [4.69, 9.17) is 16.7 Å². The maximum atomic E-state index is 12.3. The second-order valence-electron chi connectivity index (χ2n) is 3.37. The van der Waals surface area contributed by atoms with Crippen LogP contribution in [0.25, 0.3) is 0 Å². The number of rotatable bonds is 2. The predicted molar refractivity (Wildman–Crippen MR) is 51.8 cm³/mol. The van der Waals surface area contributed by atoms with Crippen LogP contribution in [-0.2, 0) is 12.6 Å². The predicted octanol–water partition coefficient (Wildman–Crippen LogP) is 3.28. The zero-order valence-electron chi connectivity index (χ0n) is 7.98. The molecule has 0 aliphatic heterocycles. The molecule has 0 saturated heterocycles. The largest absolute Gasteiger partial charge is 0.417 e. The molecule has 0 aliphatic rings. The number of benzene rings is 1. The van der Waals surface area contributed by atoms with Gasteiger partial charge in [0.15, 0.2) is 0 Å². The van der Waals surface area contributed by atoms with Crippen LogP contribution in [0, 0.1) is 0 Å². The smallest absolute Gasteiger partial charge is 0.393 e. The van der Waals surface area contributed by atoms with E-state index in [0.29, 0.717) is 5.56 Å². The van der Waals surface area contributed by atoms with Gasteiger partial charge in [-0.1, -0.05) is 17.7 Å². The monoisotopic (exact) mass is 238 g/mol. The third-order valence-corrected chi connectivity index (χ3v) is 2.18. The Balaban J connectivity index is 2.99. The van der Waals surface area contributed by atoms with Gasteiger partial charge in [-0.2, -0.15) is 13.2 Å². The van der Waals surface area contributed by atoms with Gasteiger partial charge in [-0.25, -0.2) is 0 Å². The lowest BCUT2D eigenvalue weighted by Crippen LogP contribution is -2.08. The third kappa shape index (κ3) is 3.39. The fourth-order valence-electron chi connectivity index (χ4n) is 1.26. The molecule has 84 valence electrons. The number of alkyl halides is 3. The Morgan fingerprint density at radius 2 is 2.00 bits per heavy atom. The molecule has 1 unspecified atom stereocenters. The maximum absolute atomic E-state index is 12.3. The Morgan fingerprint density at radius 1 is 1.40 bits per heavy atom. The molecule has 1 aromatic carbocycles. The van der Waals surface area contributed by atoms with Crippen molar-refractivity contribution in [3.63, 3.8) is 0 Å². The number of hydrogen-bond acceptors (Lipinski definition) is 1. The van der Waals surface area contributed by atoms with Crippen LogP contribution in [0.3, 0.4) is 0 Å². The van der Waals surface area contributed by atoms with Gasteiger partial charge in [0.05, 0.1) is 16.7 Å². The molecule has 1 aromatic rings. The Morgan fingerprint density at radius 3 is 2.40 bits per heavy atom. The SMILES string of the molecule is CC(O)Cc1ccc(C(F)(F)F)c(Cl)c1. The third-order valence-electron chi connectivity index (χ3n) is 1.87. The van der Waals surface area contributed by atoms with E-state index < -0.39 is 17.8 Å². The fraction of sp³-hybridized carbons (Fsp3) is 0.400. The Bertz CT molecular complexity index is 347. The van der Waals surface area contributed by atoms with Gasteiger partial charge >= 0.3 is 6.18 Å². The first-order valence-corrected chi connectivity index (χ1v) is 4.72. The average molecular weight is 239 g/mol. The van der Waals surface area contributed by atoms with Crippen LogP contribution >= 0.6 is 11.6 Å². The molecule has 15 heavy (non-hydrogen) atoms. The van der Waals surface area contributed by atoms with Gasteiger partial charge < -0.3 is 5.11 Å². The van der Waals surface area contributed by atoms with E-state index in [-0.39, 0.29) is 11.4 Å². The first-order chi connectivity index (χ1) is 6.80. The summed E-state index contributed by atoms with van der Waals surface area (Å²) < 4.78 is 36.9. The van der Waals surface area contributed by atoms with Gasteiger partial charge in [-0.05, 0) is 31.0 Å². The fourth-order valence-corrected chi connectivity index (χ4v) is 1.57. The summed E-state index contributed by atoms with van der Waals surface area (Å²) in [4.78, 5) is 0. The van der Waals surface area contributed by atoms with E-state index in [9.17, 15) is 13.2 Å². The van der Waals surface area contributed by atoms with E-state index in [1.54, 1.807) is 6.92 Å². The normalized spacial score (nSPS) is 14.0. The van der Waals surface area contributed by atoms with E-state index in [1.165, 1.54) is 12.1 Å². The highest BCUT2D eigenvalue weighted by Gasteiger charge is 2.32. The molecule has 1 N–H and O–H groups in total. The second kappa shape index (κ2) is 4.41. The lowest BCUT2D eigenvalue weighted by atomic mass is 10.1. The van der Waals surface area contributed by atoms with Crippen molar-refractivity contribution < 1.29 is 18.3 Å². The quantitative estimate of drug-likeness (QED) is 0.838. The number of aliphatic hydroxyl groups is 1. The summed E-state index contributed by atoms with van der Waals surface area (Å²) >= 11 is 5.50. The summed E-state index contributed by atoms with van der Waals surface area (Å²) in [5.41, 5.74) is -0.262. The van der Waals surface area contributed by atoms with Crippen molar-refractivity contribution in [2.75, 3.05) is 0 Å². The molecule has 1 rings (SSSR count). The van der Waals surface area contributed by atoms with Crippen LogP contribution in [0.2, 0.25) is 5.02 Å². The van der Waals surface area contributed by atoms with Gasteiger partial charge in [-0.15, -0.1) is 0 Å². The van der Waals surface area contributed by atoms with Crippen LogP contribution in [0.4, 0.5) is 13.2 Å². The van der Waals surface area contributed by atoms with Crippen molar-refractivity contribution in [3.8, 4) is 0 Å². The molecule has 0 fully saturated rings. The van der Waals surface area contributed by atoms with Gasteiger partial charge in [0, 0.05) is 0 Å². The van der Waals surface area contributed by atoms with E-state index >= 15 is 0 Å². The van der Waals surface area contributed by atoms with Crippen LogP contribution in [0.5, 0.6) is 0 Å². The highest BCUT2D eigenvalue weighted by Crippen LogP contribution is 2.35. The van der Waals surface area contributed by atoms with Crippen molar-refractivity contribution in [1.82, 2.24) is 0 Å². The zero-order chi connectivity index (χ0) is 11.6. The minimum Gasteiger partial charge on any atom is -0.393 e. The van der Waals surface area contributed by atoms with Crippen molar-refractivity contribution in [1.29, 1.82) is 0 Å². The molecule has 0 radical (unpaired) electrons. The summed E-state index contributed by atoms with van der Waals surface area (Å²) in [6.45, 7) is 1.56. The van der Waals surface area contributed by atoms with Gasteiger partial charge in [-0.3, -0.25) is 0 Å². The average Bonchev–Trinajstić information content (AvgIpc) is 1.99. The summed E-state index contributed by atoms with van der Waals surface area (Å²) in [6, 6.07) is 3.48. The molecule has 0 saturated carbocycles. The van der Waals surface area contributed by atoms with E-state index in [2.05, 4.69) is 0 Å². The Kier molecular flexibility index (Phi) is 3.62. The number of hydrogen-bond donors (Lipinski definition) is 1. The highest BCUT2D eigenvalue weighted by molar-refractivity contribution is 6.31. The van der Waals surface area contributed by atoms with Crippen molar-refractivity contribution >= 4 is 11.6 Å². The number of halogens is 4. The summed E-state index contributed by atoms with van der Waals surface area (Å²) in [7, 11) is 0. The molecule has 0 amide bonds. The second-order valence-corrected chi connectivity index (χ2v) is 3.77. The summed E-state index contributed by atoms with van der Waals surface area (Å²) in [5.74, 6) is 0. The Hall–Kier alpha value is -0.740. The molecule has 0 aliphatic carbocycles. The van der Waals surface area contributed by atoms with Gasteiger partial charge in [0.1, 0.15) is 0 Å². The minimum absolute atomic E-state index is 0.290. The van der Waals surface area contributed by atoms with E-state index in [0.717, 1.165) is 6.07 Å². The summed E-state index contributed by atoms with van der Waals surface area (Å²) in [5, 5.41) is 8.73. The lowest BCUT2D eigenvalue weighted by Gasteiger charge is -2.11. The standard InChI is InChI=1S/C10H10ClF3O/c1-6(15)4-7-2-3-8(9(11)5-7)10(12,13)14/h2-3,5-6,15H,4H2,1H3. The van der Waals surface area contributed by atoms with Crippen LogP contribution in [-0.4, -0.2) is 11.2 Å². The first-order valence-electron chi connectivity index (χ1n) is 4.34. The molecule has 0 bridgehead atoms. The van der Waals surface area contributed by atoms with Crippen molar-refractivity contribution in [3.05, 3.63) is 34.3 Å². The van der Waals surface area contributed by atoms with E-state index in [1.807, 2.05) is 0 Å². The van der Waals surface area contributed by atoms with Gasteiger partial charge in [0.25, 0.3) is 0 Å². The molecular weight excluding hydrogens is 229 g/mol. The lowest BCUT2D eigenvalue weighted by molar-refractivity contribution is -0.137.